The Morgan fingerprint density at radius 3 is 2.55 bits per heavy atom. The number of pyridine rings is 1. The topological polar surface area (TPSA) is 79.5 Å². The fourth-order valence-electron chi connectivity index (χ4n) is 1.74. The van der Waals surface area contributed by atoms with E-state index in [1.165, 1.54) is 25.3 Å². The van der Waals surface area contributed by atoms with E-state index in [2.05, 4.69) is 0 Å². The molecule has 2 aromatic rings. The number of ketones is 1. The van der Waals surface area contributed by atoms with Gasteiger partial charge in [-0.1, -0.05) is 0 Å². The van der Waals surface area contributed by atoms with Gasteiger partial charge in [0, 0.05) is 12.1 Å². The molecule has 0 atom stereocenters. The Morgan fingerprint density at radius 1 is 1.23 bits per heavy atom. The fourth-order valence-corrected chi connectivity index (χ4v) is 1.74. The second kappa shape index (κ2) is 6.66. The van der Waals surface area contributed by atoms with E-state index in [9.17, 15) is 19.2 Å². The van der Waals surface area contributed by atoms with Gasteiger partial charge in [0.15, 0.2) is 19.0 Å². The van der Waals surface area contributed by atoms with Crippen molar-refractivity contribution in [3.8, 4) is 5.75 Å². The number of ether oxygens (including phenoxy) is 2. The number of hydrogen-bond donors (Lipinski definition) is 0. The molecule has 7 heteroatoms. The third-order valence-electron chi connectivity index (χ3n) is 2.83. The smallest absolute Gasteiger partial charge is 0.339 e. The van der Waals surface area contributed by atoms with Gasteiger partial charge in [-0.05, 0) is 18.2 Å². The number of esters is 1. The summed E-state index contributed by atoms with van der Waals surface area (Å²) in [6.07, 6.45) is 2.27. The standard InChI is InChI=1S/C15H12FNO5/c1-21-14-3-2-11(16)8-12(14)13(18)9-22-15(19)10-4-6-17(20)7-5-10/h2-8H,9H2,1H3. The number of carbonyl (C=O) groups excluding carboxylic acids is 2. The molecular formula is C15H12FNO5. The maximum Gasteiger partial charge on any atom is 0.339 e. The summed E-state index contributed by atoms with van der Waals surface area (Å²) in [5.74, 6) is -1.77. The molecule has 6 nitrogen and oxygen atoms in total. The summed E-state index contributed by atoms with van der Waals surface area (Å²) >= 11 is 0. The lowest BCUT2D eigenvalue weighted by atomic mass is 10.1. The molecule has 1 heterocycles. The van der Waals surface area contributed by atoms with Gasteiger partial charge in [-0.25, -0.2) is 9.18 Å². The number of rotatable bonds is 5. The predicted octanol–water partition coefficient (Wildman–Crippen LogP) is 1.51. The Labute approximate surface area is 125 Å². The average Bonchev–Trinajstić information content (AvgIpc) is 2.53. The molecule has 2 rings (SSSR count). The van der Waals surface area contributed by atoms with E-state index in [0.29, 0.717) is 4.73 Å². The van der Waals surface area contributed by atoms with Crippen LogP contribution in [-0.2, 0) is 4.74 Å². The Hall–Kier alpha value is -2.96. The van der Waals surface area contributed by atoms with Gasteiger partial charge < -0.3 is 14.7 Å². The van der Waals surface area contributed by atoms with E-state index in [4.69, 9.17) is 9.47 Å². The monoisotopic (exact) mass is 305 g/mol. The lowest BCUT2D eigenvalue weighted by Crippen LogP contribution is -2.24. The van der Waals surface area contributed by atoms with Gasteiger partial charge in [0.2, 0.25) is 5.78 Å². The van der Waals surface area contributed by atoms with Crippen LogP contribution in [0.5, 0.6) is 5.75 Å². The molecule has 22 heavy (non-hydrogen) atoms. The van der Waals surface area contributed by atoms with Gasteiger partial charge in [0.25, 0.3) is 0 Å². The van der Waals surface area contributed by atoms with Crippen molar-refractivity contribution in [2.75, 3.05) is 13.7 Å². The minimum absolute atomic E-state index is 0.0132. The first kappa shape index (κ1) is 15.4. The normalized spacial score (nSPS) is 10.1. The van der Waals surface area contributed by atoms with E-state index in [1.807, 2.05) is 0 Å². The Morgan fingerprint density at radius 2 is 1.91 bits per heavy atom. The minimum Gasteiger partial charge on any atom is -0.619 e. The van der Waals surface area contributed by atoms with E-state index in [1.54, 1.807) is 0 Å². The number of halogens is 1. The minimum atomic E-state index is -0.760. The number of nitrogens with zero attached hydrogens (tertiary/aromatic N) is 1. The van der Waals surface area contributed by atoms with Crippen LogP contribution in [0.1, 0.15) is 20.7 Å². The van der Waals surface area contributed by atoms with E-state index < -0.39 is 24.2 Å². The van der Waals surface area contributed by atoms with Crippen LogP contribution in [0.25, 0.3) is 0 Å². The largest absolute Gasteiger partial charge is 0.619 e. The molecule has 0 radical (unpaired) electrons. The van der Waals surface area contributed by atoms with Crippen LogP contribution < -0.4 is 9.47 Å². The van der Waals surface area contributed by atoms with Crippen LogP contribution in [0.3, 0.4) is 0 Å². The molecule has 0 bridgehead atoms. The van der Waals surface area contributed by atoms with Crippen LogP contribution >= 0.6 is 0 Å². The van der Waals surface area contributed by atoms with E-state index in [-0.39, 0.29) is 16.9 Å². The molecule has 0 unspecified atom stereocenters. The summed E-state index contributed by atoms with van der Waals surface area (Å²) in [7, 11) is 1.35. The maximum atomic E-state index is 13.2. The van der Waals surface area contributed by atoms with Crippen molar-refractivity contribution in [3.63, 3.8) is 0 Å². The molecule has 0 fully saturated rings. The van der Waals surface area contributed by atoms with Crippen LogP contribution in [0.15, 0.2) is 42.7 Å². The van der Waals surface area contributed by atoms with Crippen molar-refractivity contribution >= 4 is 11.8 Å². The highest BCUT2D eigenvalue weighted by Crippen LogP contribution is 2.20. The zero-order chi connectivity index (χ0) is 16.1. The average molecular weight is 305 g/mol. The lowest BCUT2D eigenvalue weighted by molar-refractivity contribution is -0.605. The van der Waals surface area contributed by atoms with Crippen molar-refractivity contribution in [2.45, 2.75) is 0 Å². The van der Waals surface area contributed by atoms with E-state index >= 15 is 0 Å². The van der Waals surface area contributed by atoms with Crippen molar-refractivity contribution in [1.82, 2.24) is 0 Å². The first-order valence-electron chi connectivity index (χ1n) is 6.24. The zero-order valence-corrected chi connectivity index (χ0v) is 11.6. The highest BCUT2D eigenvalue weighted by Gasteiger charge is 2.16. The Bertz CT molecular complexity index is 700. The van der Waals surface area contributed by atoms with Gasteiger partial charge in [0.1, 0.15) is 11.6 Å². The molecule has 1 aromatic carbocycles. The zero-order valence-electron chi connectivity index (χ0n) is 11.6. The molecule has 0 saturated carbocycles. The van der Waals surface area contributed by atoms with Gasteiger partial charge in [-0.15, -0.1) is 0 Å². The van der Waals surface area contributed by atoms with Crippen LogP contribution in [0.4, 0.5) is 4.39 Å². The summed E-state index contributed by atoms with van der Waals surface area (Å²) in [5.41, 5.74) is 0.117. The maximum absolute atomic E-state index is 13.2. The number of Topliss-reactive ketones (excluding diaryl/α,β-unsaturated/α-hetero) is 1. The Kier molecular flexibility index (Phi) is 4.67. The number of benzene rings is 1. The summed E-state index contributed by atoms with van der Waals surface area (Å²) in [6, 6.07) is 6.02. The molecule has 114 valence electrons. The second-order valence-electron chi connectivity index (χ2n) is 4.29. The molecule has 0 N–H and O–H groups in total. The predicted molar refractivity (Wildman–Crippen MR) is 73.0 cm³/mol. The van der Waals surface area contributed by atoms with Crippen LogP contribution in [0, 0.1) is 11.0 Å². The lowest BCUT2D eigenvalue weighted by Gasteiger charge is -2.08. The summed E-state index contributed by atoms with van der Waals surface area (Å²) < 4.78 is 23.5. The highest BCUT2D eigenvalue weighted by atomic mass is 19.1. The molecule has 0 amide bonds. The van der Waals surface area contributed by atoms with E-state index in [0.717, 1.165) is 24.5 Å². The SMILES string of the molecule is COc1ccc(F)cc1C(=O)COC(=O)c1cc[n+]([O-])cc1. The number of aromatic nitrogens is 1. The van der Waals surface area contributed by atoms with Crippen molar-refractivity contribution in [2.24, 2.45) is 0 Å². The van der Waals surface area contributed by atoms with Gasteiger partial charge in [0.05, 0.1) is 18.2 Å². The quantitative estimate of drug-likeness (QED) is 0.362. The summed E-state index contributed by atoms with van der Waals surface area (Å²) in [4.78, 5) is 23.7. The fraction of sp³-hybridized carbons (Fsp3) is 0.133. The van der Waals surface area contributed by atoms with Gasteiger partial charge in [-0.3, -0.25) is 4.79 Å². The van der Waals surface area contributed by atoms with Crippen LogP contribution in [-0.4, -0.2) is 25.5 Å². The highest BCUT2D eigenvalue weighted by molar-refractivity contribution is 6.01. The number of methoxy groups -OCH3 is 1. The third kappa shape index (κ3) is 3.57. The summed E-state index contributed by atoms with van der Waals surface area (Å²) in [5, 5.41) is 10.9. The van der Waals surface area contributed by atoms with Gasteiger partial charge >= 0.3 is 5.97 Å². The third-order valence-corrected chi connectivity index (χ3v) is 2.83. The molecule has 0 aliphatic carbocycles. The molecule has 1 aromatic heterocycles. The van der Waals surface area contributed by atoms with Gasteiger partial charge in [-0.2, -0.15) is 4.73 Å². The molecule has 0 aliphatic rings. The van der Waals surface area contributed by atoms with Crippen molar-refractivity contribution < 1.29 is 28.2 Å². The first-order chi connectivity index (χ1) is 10.5. The molecule has 0 aliphatic heterocycles. The number of carbonyl (C=O) groups is 2. The Balaban J connectivity index is 2.05. The first-order valence-corrected chi connectivity index (χ1v) is 6.24. The number of hydrogen-bond acceptors (Lipinski definition) is 5. The molecular weight excluding hydrogens is 293 g/mol. The van der Waals surface area contributed by atoms with Crippen LogP contribution in [0.2, 0.25) is 0 Å². The second-order valence-corrected chi connectivity index (χ2v) is 4.29. The van der Waals surface area contributed by atoms with Crippen molar-refractivity contribution in [3.05, 3.63) is 64.9 Å². The molecule has 0 spiro atoms. The molecule has 0 saturated heterocycles. The summed E-state index contributed by atoms with van der Waals surface area (Å²) in [6.45, 7) is -0.565. The van der Waals surface area contributed by atoms with Crippen molar-refractivity contribution in [1.29, 1.82) is 0 Å².